The normalized spacial score (nSPS) is 24.3. The van der Waals surface area contributed by atoms with Gasteiger partial charge >= 0.3 is 5.97 Å². The first-order valence-electron chi connectivity index (χ1n) is 9.11. The van der Waals surface area contributed by atoms with Crippen molar-refractivity contribution in [2.24, 2.45) is 5.92 Å². The van der Waals surface area contributed by atoms with Crippen molar-refractivity contribution >= 4 is 23.5 Å². The van der Waals surface area contributed by atoms with E-state index in [-0.39, 0.29) is 30.5 Å². The zero-order valence-electron chi connectivity index (χ0n) is 14.7. The molecule has 3 atom stereocenters. The number of hydrogen-bond acceptors (Lipinski definition) is 4. The van der Waals surface area contributed by atoms with Gasteiger partial charge in [-0.1, -0.05) is 11.6 Å². The summed E-state index contributed by atoms with van der Waals surface area (Å²) >= 11 is 5.90. The molecular weight excluding hydrogens is 368 g/mol. The molecule has 2 fully saturated rings. The first-order chi connectivity index (χ1) is 13.0. The lowest BCUT2D eigenvalue weighted by molar-refractivity contribution is -0.143. The summed E-state index contributed by atoms with van der Waals surface area (Å²) in [4.78, 5) is 25.7. The quantitative estimate of drug-likeness (QED) is 0.794. The van der Waals surface area contributed by atoms with Crippen LogP contribution in [0, 0.1) is 5.92 Å². The molecule has 4 rings (SSSR count). The Kier molecular flexibility index (Phi) is 4.93. The van der Waals surface area contributed by atoms with Crippen molar-refractivity contribution in [1.82, 2.24) is 10.2 Å². The average Bonchev–Trinajstić information content (AvgIpc) is 3.36. The summed E-state index contributed by atoms with van der Waals surface area (Å²) in [7, 11) is 0. The summed E-state index contributed by atoms with van der Waals surface area (Å²) in [6.07, 6.45) is 2.48. The third-order valence-electron chi connectivity index (χ3n) is 5.57. The zero-order valence-corrected chi connectivity index (χ0v) is 15.5. The SMILES string of the molecule is O=C(CN1C2CCC1C(C(=O)O)C2)NCc1ccc(-c2ccc(Cl)cc2)o1. The molecule has 2 bridgehead atoms. The van der Waals surface area contributed by atoms with E-state index < -0.39 is 5.97 Å². The van der Waals surface area contributed by atoms with E-state index in [0.29, 0.717) is 23.7 Å². The highest BCUT2D eigenvalue weighted by atomic mass is 35.5. The van der Waals surface area contributed by atoms with Crippen LogP contribution in [0.2, 0.25) is 5.02 Å². The number of benzene rings is 1. The van der Waals surface area contributed by atoms with E-state index >= 15 is 0 Å². The summed E-state index contributed by atoms with van der Waals surface area (Å²) in [5.74, 6) is 0.183. The lowest BCUT2D eigenvalue weighted by atomic mass is 9.89. The number of carbonyl (C=O) groups excluding carboxylic acids is 1. The van der Waals surface area contributed by atoms with E-state index in [1.54, 1.807) is 12.1 Å². The van der Waals surface area contributed by atoms with E-state index in [4.69, 9.17) is 16.0 Å². The molecule has 27 heavy (non-hydrogen) atoms. The van der Waals surface area contributed by atoms with Gasteiger partial charge in [0.15, 0.2) is 0 Å². The zero-order chi connectivity index (χ0) is 19.0. The number of furan rings is 1. The van der Waals surface area contributed by atoms with Crippen LogP contribution in [0.15, 0.2) is 40.8 Å². The predicted molar refractivity (Wildman–Crippen MR) is 100 cm³/mol. The van der Waals surface area contributed by atoms with E-state index in [0.717, 1.165) is 24.2 Å². The fraction of sp³-hybridized carbons (Fsp3) is 0.400. The Labute approximate surface area is 162 Å². The maximum Gasteiger partial charge on any atom is 0.308 e. The number of carbonyl (C=O) groups is 2. The first-order valence-corrected chi connectivity index (χ1v) is 9.49. The van der Waals surface area contributed by atoms with Gasteiger partial charge < -0.3 is 14.8 Å². The van der Waals surface area contributed by atoms with E-state index in [9.17, 15) is 14.7 Å². The van der Waals surface area contributed by atoms with Gasteiger partial charge in [0, 0.05) is 22.7 Å². The summed E-state index contributed by atoms with van der Waals surface area (Å²) in [5, 5.41) is 12.8. The molecule has 2 aliphatic heterocycles. The predicted octanol–water partition coefficient (Wildman–Crippen LogP) is 3.15. The van der Waals surface area contributed by atoms with E-state index in [2.05, 4.69) is 10.2 Å². The van der Waals surface area contributed by atoms with Crippen molar-refractivity contribution in [2.75, 3.05) is 6.54 Å². The molecule has 1 amide bonds. The molecule has 1 aromatic carbocycles. The Balaban J connectivity index is 1.31. The second-order valence-electron chi connectivity index (χ2n) is 7.20. The van der Waals surface area contributed by atoms with Crippen LogP contribution in [0.25, 0.3) is 11.3 Å². The van der Waals surface area contributed by atoms with Gasteiger partial charge in [0.1, 0.15) is 11.5 Å². The molecule has 0 saturated carbocycles. The van der Waals surface area contributed by atoms with Crippen LogP contribution in [-0.2, 0) is 16.1 Å². The fourth-order valence-corrected chi connectivity index (χ4v) is 4.39. The molecule has 1 aromatic heterocycles. The summed E-state index contributed by atoms with van der Waals surface area (Å²) < 4.78 is 5.78. The lowest BCUT2D eigenvalue weighted by Crippen LogP contribution is -2.41. The van der Waals surface area contributed by atoms with Crippen molar-refractivity contribution in [1.29, 1.82) is 0 Å². The van der Waals surface area contributed by atoms with Gasteiger partial charge in [-0.3, -0.25) is 14.5 Å². The van der Waals surface area contributed by atoms with Crippen LogP contribution in [0.5, 0.6) is 0 Å². The highest BCUT2D eigenvalue weighted by molar-refractivity contribution is 6.30. The van der Waals surface area contributed by atoms with Crippen molar-refractivity contribution in [3.05, 3.63) is 47.2 Å². The largest absolute Gasteiger partial charge is 0.481 e. The number of amides is 1. The van der Waals surface area contributed by atoms with Crippen LogP contribution >= 0.6 is 11.6 Å². The molecule has 2 aliphatic rings. The molecule has 0 radical (unpaired) electrons. The molecule has 2 aromatic rings. The monoisotopic (exact) mass is 388 g/mol. The topological polar surface area (TPSA) is 82.8 Å². The molecule has 3 heterocycles. The van der Waals surface area contributed by atoms with Crippen LogP contribution in [0.4, 0.5) is 0 Å². The van der Waals surface area contributed by atoms with E-state index in [1.807, 2.05) is 24.3 Å². The molecule has 6 nitrogen and oxygen atoms in total. The number of carboxylic acid groups (broad SMARTS) is 1. The van der Waals surface area contributed by atoms with Gasteiger partial charge in [-0.15, -0.1) is 0 Å². The van der Waals surface area contributed by atoms with Crippen LogP contribution in [0.3, 0.4) is 0 Å². The number of aliphatic carboxylic acids is 1. The van der Waals surface area contributed by atoms with Crippen LogP contribution in [-0.4, -0.2) is 40.5 Å². The van der Waals surface area contributed by atoms with Gasteiger partial charge in [-0.2, -0.15) is 0 Å². The van der Waals surface area contributed by atoms with Crippen molar-refractivity contribution < 1.29 is 19.1 Å². The standard InChI is InChI=1S/C20H21ClN2O4/c21-13-3-1-12(2-4-13)18-8-6-15(27-18)10-22-19(24)11-23-14-5-7-17(23)16(9-14)20(25)26/h1-4,6,8,14,16-17H,5,7,9-11H2,(H,22,24)(H,25,26). The minimum absolute atomic E-state index is 0.0154. The number of carboxylic acids is 1. The summed E-state index contributed by atoms with van der Waals surface area (Å²) in [5.41, 5.74) is 0.922. The Morgan fingerprint density at radius 2 is 1.96 bits per heavy atom. The van der Waals surface area contributed by atoms with Crippen LogP contribution in [0.1, 0.15) is 25.0 Å². The Morgan fingerprint density at radius 3 is 2.67 bits per heavy atom. The molecule has 7 heteroatoms. The molecular formula is C20H21ClN2O4. The number of fused-ring (bicyclic) bond motifs is 2. The summed E-state index contributed by atoms with van der Waals surface area (Å²) in [6.45, 7) is 0.543. The highest BCUT2D eigenvalue weighted by Crippen LogP contribution is 2.41. The van der Waals surface area contributed by atoms with Gasteiger partial charge in [0.2, 0.25) is 5.91 Å². The highest BCUT2D eigenvalue weighted by Gasteiger charge is 2.49. The van der Waals surface area contributed by atoms with Gasteiger partial charge in [0.25, 0.3) is 0 Å². The number of nitrogens with zero attached hydrogens (tertiary/aromatic N) is 1. The summed E-state index contributed by atoms with van der Waals surface area (Å²) in [6, 6.07) is 11.3. The maximum atomic E-state index is 12.3. The number of rotatable bonds is 6. The third-order valence-corrected chi connectivity index (χ3v) is 5.83. The number of halogens is 1. The second kappa shape index (κ2) is 7.37. The Hall–Kier alpha value is -2.31. The Morgan fingerprint density at radius 1 is 1.19 bits per heavy atom. The second-order valence-corrected chi connectivity index (χ2v) is 7.64. The maximum absolute atomic E-state index is 12.3. The van der Waals surface area contributed by atoms with Crippen molar-refractivity contribution in [2.45, 2.75) is 37.9 Å². The van der Waals surface area contributed by atoms with Crippen molar-refractivity contribution in [3.63, 3.8) is 0 Å². The molecule has 142 valence electrons. The molecule has 0 aliphatic carbocycles. The lowest BCUT2D eigenvalue weighted by Gasteiger charge is -2.21. The first kappa shape index (κ1) is 18.1. The van der Waals surface area contributed by atoms with Crippen LogP contribution < -0.4 is 5.32 Å². The fourth-order valence-electron chi connectivity index (χ4n) is 4.26. The molecule has 0 spiro atoms. The van der Waals surface area contributed by atoms with E-state index in [1.165, 1.54) is 0 Å². The van der Waals surface area contributed by atoms with Gasteiger partial charge in [-0.05, 0) is 55.7 Å². The average molecular weight is 389 g/mol. The van der Waals surface area contributed by atoms with Gasteiger partial charge in [0.05, 0.1) is 19.0 Å². The Bertz CT molecular complexity index is 848. The molecule has 3 unspecified atom stereocenters. The van der Waals surface area contributed by atoms with Crippen molar-refractivity contribution in [3.8, 4) is 11.3 Å². The minimum Gasteiger partial charge on any atom is -0.481 e. The molecule has 2 N–H and O–H groups in total. The third kappa shape index (κ3) is 3.73. The van der Waals surface area contributed by atoms with Gasteiger partial charge in [-0.25, -0.2) is 0 Å². The number of hydrogen-bond donors (Lipinski definition) is 2. The molecule has 2 saturated heterocycles. The number of nitrogens with one attached hydrogen (secondary N) is 1. The minimum atomic E-state index is -0.752. The smallest absolute Gasteiger partial charge is 0.308 e.